The Hall–Kier alpha value is -0.610. The van der Waals surface area contributed by atoms with E-state index in [1.54, 1.807) is 0 Å². The lowest BCUT2D eigenvalue weighted by Gasteiger charge is -2.38. The Bertz CT molecular complexity index is 602. The highest BCUT2D eigenvalue weighted by molar-refractivity contribution is 7.54. The SMILES string of the molecule is NCCCCC(N)C(=O)O.NCCCCC(N)C(=O)O.O=P1(NCCCl)OCCC(OO)N1CCCl. The van der Waals surface area contributed by atoms with Crippen LogP contribution in [0.25, 0.3) is 0 Å². The molecule has 0 bridgehead atoms. The number of aliphatic carboxylic acids is 2. The number of alkyl halides is 2. The highest BCUT2D eigenvalue weighted by atomic mass is 35.5. The van der Waals surface area contributed by atoms with Gasteiger partial charge in [-0.1, -0.05) is 12.8 Å². The number of carboxylic acids is 2. The van der Waals surface area contributed by atoms with Crippen molar-refractivity contribution in [1.82, 2.24) is 9.76 Å². The lowest BCUT2D eigenvalue weighted by molar-refractivity contribution is -0.308. The van der Waals surface area contributed by atoms with Gasteiger partial charge in [-0.05, 0) is 38.8 Å². The molecule has 4 unspecified atom stereocenters. The molecule has 0 aromatic rings. The van der Waals surface area contributed by atoms with E-state index >= 15 is 0 Å². The maximum Gasteiger partial charge on any atom is 0.345 e. The van der Waals surface area contributed by atoms with E-state index < -0.39 is 37.9 Å². The van der Waals surface area contributed by atoms with Gasteiger partial charge in [-0.15, -0.1) is 23.2 Å². The average molecular weight is 585 g/mol. The lowest BCUT2D eigenvalue weighted by Crippen LogP contribution is -2.44. The van der Waals surface area contributed by atoms with Gasteiger partial charge in [0.25, 0.3) is 0 Å². The van der Waals surface area contributed by atoms with Gasteiger partial charge in [-0.3, -0.25) is 19.4 Å². The number of nitrogens with zero attached hydrogens (tertiary/aromatic N) is 1. The van der Waals surface area contributed by atoms with Crippen molar-refractivity contribution in [3.8, 4) is 0 Å². The van der Waals surface area contributed by atoms with Crippen LogP contribution in [-0.2, 0) is 23.6 Å². The van der Waals surface area contributed by atoms with Crippen LogP contribution >= 0.6 is 30.9 Å². The van der Waals surface area contributed by atoms with Crippen LogP contribution in [0.15, 0.2) is 0 Å². The second kappa shape index (κ2) is 23.5. The summed E-state index contributed by atoms with van der Waals surface area (Å²) < 4.78 is 19.0. The van der Waals surface area contributed by atoms with E-state index in [0.717, 1.165) is 25.7 Å². The molecule has 1 heterocycles. The minimum absolute atomic E-state index is 0.247. The molecule has 1 rings (SSSR count). The summed E-state index contributed by atoms with van der Waals surface area (Å²) in [7, 11) is -3.20. The molecule has 36 heavy (non-hydrogen) atoms. The molecule has 1 aliphatic rings. The summed E-state index contributed by atoms with van der Waals surface area (Å²) in [4.78, 5) is 24.5. The van der Waals surface area contributed by atoms with Crippen molar-refractivity contribution >= 4 is 42.8 Å². The number of nitrogens with one attached hydrogen (secondary N) is 1. The van der Waals surface area contributed by atoms with Crippen LogP contribution < -0.4 is 28.0 Å². The fourth-order valence-electron chi connectivity index (χ4n) is 2.72. The van der Waals surface area contributed by atoms with Crippen LogP contribution in [-0.4, -0.2) is 94.9 Å². The normalized spacial score (nSPS) is 21.4. The zero-order chi connectivity index (χ0) is 28.0. The quantitative estimate of drug-likeness (QED) is 0.0409. The number of carbonyl (C=O) groups is 2. The van der Waals surface area contributed by atoms with Crippen LogP contribution in [0, 0.1) is 0 Å². The molecule has 0 aliphatic carbocycles. The van der Waals surface area contributed by atoms with Crippen molar-refractivity contribution < 1.29 is 39.0 Å². The van der Waals surface area contributed by atoms with Crippen LogP contribution in [0.3, 0.4) is 0 Å². The highest BCUT2D eigenvalue weighted by Gasteiger charge is 2.41. The first-order chi connectivity index (χ1) is 17.0. The number of nitrogens with two attached hydrogens (primary N) is 4. The molecule has 0 radical (unpaired) electrons. The molecule has 1 saturated heterocycles. The Morgan fingerprint density at radius 2 is 1.53 bits per heavy atom. The van der Waals surface area contributed by atoms with E-state index in [1.165, 1.54) is 4.67 Å². The van der Waals surface area contributed by atoms with E-state index in [9.17, 15) is 14.2 Å². The van der Waals surface area contributed by atoms with Gasteiger partial charge in [0, 0.05) is 31.3 Å². The smallest absolute Gasteiger partial charge is 0.345 e. The average Bonchev–Trinajstić information content (AvgIpc) is 2.85. The van der Waals surface area contributed by atoms with Gasteiger partial charge < -0.3 is 37.7 Å². The molecular weight excluding hydrogens is 542 g/mol. The molecule has 12 N–H and O–H groups in total. The molecule has 0 aromatic carbocycles. The third-order valence-electron chi connectivity index (χ3n) is 4.72. The molecule has 0 spiro atoms. The number of unbranched alkanes of at least 4 members (excludes halogenated alkanes) is 2. The standard InChI is InChI=1S/C7H15Cl2N2O4P.2C6H14N2O2/c8-2-4-10-16(13)11(5-3-9)7(15-12)1-6-14-16;2*7-4-2-1-3-5(8)6(9)10/h7,12H,1-6H2,(H,10,13);2*5H,1-4,7-8H2,(H,9,10). The molecule has 1 aliphatic heterocycles. The molecule has 0 amide bonds. The first-order valence-electron chi connectivity index (χ1n) is 11.6. The Balaban J connectivity index is 0. The largest absolute Gasteiger partial charge is 0.480 e. The van der Waals surface area contributed by atoms with Crippen LogP contribution in [0.2, 0.25) is 0 Å². The Kier molecular flexibility index (Phi) is 24.5. The highest BCUT2D eigenvalue weighted by Crippen LogP contribution is 2.51. The first kappa shape index (κ1) is 37.5. The van der Waals surface area contributed by atoms with Crippen LogP contribution in [0.4, 0.5) is 0 Å². The zero-order valence-corrected chi connectivity index (χ0v) is 22.9. The van der Waals surface area contributed by atoms with E-state index in [-0.39, 0.29) is 12.5 Å². The Labute approximate surface area is 222 Å². The van der Waals surface area contributed by atoms with Crippen molar-refractivity contribution in [2.24, 2.45) is 22.9 Å². The fraction of sp³-hybridized carbons (Fsp3) is 0.895. The van der Waals surface area contributed by atoms with Gasteiger partial charge in [0.15, 0.2) is 6.23 Å². The summed E-state index contributed by atoms with van der Waals surface area (Å²) in [6.45, 7) is 2.09. The van der Waals surface area contributed by atoms with Gasteiger partial charge >= 0.3 is 19.6 Å². The lowest BCUT2D eigenvalue weighted by atomic mass is 10.1. The van der Waals surface area contributed by atoms with Crippen molar-refractivity contribution in [3.63, 3.8) is 0 Å². The van der Waals surface area contributed by atoms with E-state index in [4.69, 9.17) is 66.1 Å². The minimum Gasteiger partial charge on any atom is -0.480 e. The fourth-order valence-corrected chi connectivity index (χ4v) is 5.28. The first-order valence-corrected chi connectivity index (χ1v) is 14.2. The second-order valence-electron chi connectivity index (χ2n) is 7.61. The molecule has 0 aromatic heterocycles. The van der Waals surface area contributed by atoms with Crippen molar-refractivity contribution in [2.45, 2.75) is 63.3 Å². The van der Waals surface area contributed by atoms with E-state index in [2.05, 4.69) is 9.97 Å². The third-order valence-corrected chi connectivity index (χ3v) is 7.36. The number of hydrogen-bond acceptors (Lipinski definition) is 10. The molecule has 14 nitrogen and oxygen atoms in total. The Morgan fingerprint density at radius 3 is 1.89 bits per heavy atom. The molecule has 0 saturated carbocycles. The summed E-state index contributed by atoms with van der Waals surface area (Å²) in [5.41, 5.74) is 20.8. The maximum absolute atomic E-state index is 12.4. The number of hydrogen-bond donors (Lipinski definition) is 8. The second-order valence-corrected chi connectivity index (χ2v) is 10.5. The topological polar surface area (TPSA) is 250 Å². The van der Waals surface area contributed by atoms with E-state index in [1.807, 2.05) is 0 Å². The zero-order valence-electron chi connectivity index (χ0n) is 20.5. The summed E-state index contributed by atoms with van der Waals surface area (Å²) in [6.07, 6.45) is 4.09. The molecular formula is C19H43Cl2N6O8P. The maximum atomic E-state index is 12.4. The molecule has 4 atom stereocenters. The van der Waals surface area contributed by atoms with Gasteiger partial charge in [-0.25, -0.2) is 9.97 Å². The molecule has 17 heteroatoms. The Morgan fingerprint density at radius 1 is 1.03 bits per heavy atom. The van der Waals surface area contributed by atoms with Gasteiger partial charge in [0.1, 0.15) is 12.1 Å². The van der Waals surface area contributed by atoms with Gasteiger partial charge in [0.2, 0.25) is 0 Å². The van der Waals surface area contributed by atoms with Crippen molar-refractivity contribution in [2.75, 3.05) is 44.5 Å². The van der Waals surface area contributed by atoms with Gasteiger partial charge in [0.05, 0.1) is 6.61 Å². The number of rotatable bonds is 16. The number of carboxylic acid groups (broad SMARTS) is 2. The minimum atomic E-state index is -3.20. The monoisotopic (exact) mass is 584 g/mol. The number of halogens is 2. The van der Waals surface area contributed by atoms with E-state index in [0.29, 0.717) is 51.3 Å². The van der Waals surface area contributed by atoms with Crippen LogP contribution in [0.1, 0.15) is 44.9 Å². The predicted molar refractivity (Wildman–Crippen MR) is 139 cm³/mol. The third kappa shape index (κ3) is 17.8. The molecule has 1 fully saturated rings. The summed E-state index contributed by atoms with van der Waals surface area (Å²) in [5.74, 6) is -1.29. The van der Waals surface area contributed by atoms with Gasteiger partial charge in [-0.2, -0.15) is 4.67 Å². The predicted octanol–water partition coefficient (Wildman–Crippen LogP) is 0.754. The van der Waals surface area contributed by atoms with Crippen molar-refractivity contribution in [3.05, 3.63) is 0 Å². The summed E-state index contributed by atoms with van der Waals surface area (Å²) in [5, 5.41) is 28.1. The molecule has 216 valence electrons. The van der Waals surface area contributed by atoms with Crippen LogP contribution in [0.5, 0.6) is 0 Å². The van der Waals surface area contributed by atoms with Crippen molar-refractivity contribution in [1.29, 1.82) is 0 Å². The summed E-state index contributed by atoms with van der Waals surface area (Å²) >= 11 is 11.1. The summed E-state index contributed by atoms with van der Waals surface area (Å²) in [6, 6.07) is -1.43.